The highest BCUT2D eigenvalue weighted by molar-refractivity contribution is 8.24. The molecule has 0 bridgehead atoms. The van der Waals surface area contributed by atoms with Crippen molar-refractivity contribution >= 4 is 39.1 Å². The van der Waals surface area contributed by atoms with Gasteiger partial charge in [0, 0.05) is 37.6 Å². The molecule has 0 unspecified atom stereocenters. The predicted octanol–water partition coefficient (Wildman–Crippen LogP) is 3.56. The first-order chi connectivity index (χ1) is 14.9. The van der Waals surface area contributed by atoms with E-state index in [2.05, 4.69) is 20.2 Å². The molecular weight excluding hydrogens is 416 g/mol. The molecule has 9 nitrogen and oxygen atoms in total. The third kappa shape index (κ3) is 3.90. The van der Waals surface area contributed by atoms with Crippen molar-refractivity contribution in [3.8, 4) is 0 Å². The second-order valence-electron chi connectivity index (χ2n) is 8.42. The summed E-state index contributed by atoms with van der Waals surface area (Å²) < 4.78 is 23.0. The van der Waals surface area contributed by atoms with Gasteiger partial charge in [0.05, 0.1) is 17.7 Å². The van der Waals surface area contributed by atoms with E-state index in [9.17, 15) is 13.9 Å². The van der Waals surface area contributed by atoms with E-state index in [0.717, 1.165) is 42.6 Å². The number of nitrogens with zero attached hydrogens (tertiary/aromatic N) is 5. The van der Waals surface area contributed by atoms with Crippen LogP contribution in [0.3, 0.4) is 0 Å². The van der Waals surface area contributed by atoms with Gasteiger partial charge in [-0.05, 0) is 37.1 Å². The number of rotatable bonds is 4. The van der Waals surface area contributed by atoms with Crippen LogP contribution < -0.4 is 15.9 Å². The Kier molecular flexibility index (Phi) is 5.15. The number of aryl methyl sites for hydroxylation is 1. The molecular formula is C21H28N6O3S. The molecule has 3 aromatic rings. The zero-order valence-corrected chi connectivity index (χ0v) is 18.4. The molecule has 5 rings (SSSR count). The molecule has 3 N–H and O–H groups in total. The number of hydrogen-bond donors (Lipinski definition) is 3. The monoisotopic (exact) mass is 444 g/mol. The van der Waals surface area contributed by atoms with Crippen molar-refractivity contribution in [2.45, 2.75) is 31.7 Å². The Bertz CT molecular complexity index is 1140. The third-order valence-electron chi connectivity index (χ3n) is 6.39. The SMILES string of the molecule is Cn1c(=O)n(C2CCCC2)c2nc(Nc3ccc(N4CCS(O)(O)CC4)cc3)ncc21. The standard InChI is InChI=1S/C21H28N6O3S/c1-25-18-14-22-20(24-19(18)27(21(25)28)17-4-2-3-5-17)23-15-6-8-16(9-7-15)26-10-12-31(29,30)13-11-26/h6-9,14,17,29-30H,2-5,10-13H2,1H3,(H,22,23,24). The Hall–Kier alpha value is -2.56. The summed E-state index contributed by atoms with van der Waals surface area (Å²) in [6.07, 6.45) is 6.02. The Morgan fingerprint density at radius 1 is 1.10 bits per heavy atom. The number of nitrogens with one attached hydrogen (secondary N) is 1. The molecule has 1 aliphatic heterocycles. The number of anilines is 3. The minimum absolute atomic E-state index is 0.0316. The van der Waals surface area contributed by atoms with Gasteiger partial charge >= 0.3 is 5.69 Å². The van der Waals surface area contributed by atoms with Crippen LogP contribution in [-0.4, -0.2) is 52.8 Å². The predicted molar refractivity (Wildman–Crippen MR) is 125 cm³/mol. The molecule has 1 saturated heterocycles. The second kappa shape index (κ2) is 7.85. The molecule has 2 fully saturated rings. The van der Waals surface area contributed by atoms with E-state index in [4.69, 9.17) is 0 Å². The molecule has 166 valence electrons. The highest BCUT2D eigenvalue weighted by Crippen LogP contribution is 2.41. The maximum Gasteiger partial charge on any atom is 0.330 e. The summed E-state index contributed by atoms with van der Waals surface area (Å²) in [4.78, 5) is 24.0. The molecule has 1 aliphatic carbocycles. The molecule has 1 aromatic carbocycles. The summed E-state index contributed by atoms with van der Waals surface area (Å²) in [6.45, 7) is 1.28. The Morgan fingerprint density at radius 3 is 2.45 bits per heavy atom. The van der Waals surface area contributed by atoms with E-state index >= 15 is 0 Å². The summed E-state index contributed by atoms with van der Waals surface area (Å²) in [5.74, 6) is 1.30. The molecule has 0 amide bonds. The largest absolute Gasteiger partial charge is 0.368 e. The van der Waals surface area contributed by atoms with Crippen LogP contribution in [0.25, 0.3) is 11.2 Å². The number of aromatic nitrogens is 4. The topological polar surface area (TPSA) is 108 Å². The molecule has 3 heterocycles. The minimum Gasteiger partial charge on any atom is -0.368 e. The number of benzene rings is 1. The lowest BCUT2D eigenvalue weighted by molar-refractivity contribution is 0.479. The van der Waals surface area contributed by atoms with Crippen LogP contribution in [0.1, 0.15) is 31.7 Å². The summed E-state index contributed by atoms with van der Waals surface area (Å²) in [5, 5.41) is 3.24. The highest BCUT2D eigenvalue weighted by atomic mass is 32.3. The fourth-order valence-electron chi connectivity index (χ4n) is 4.56. The molecule has 0 radical (unpaired) electrons. The average Bonchev–Trinajstić information content (AvgIpc) is 3.36. The van der Waals surface area contributed by atoms with Gasteiger partial charge in [-0.25, -0.2) is 9.78 Å². The van der Waals surface area contributed by atoms with Crippen molar-refractivity contribution in [2.24, 2.45) is 7.05 Å². The Morgan fingerprint density at radius 2 is 1.77 bits per heavy atom. The van der Waals surface area contributed by atoms with E-state index in [0.29, 0.717) is 36.2 Å². The molecule has 0 spiro atoms. The Balaban J connectivity index is 1.37. The lowest BCUT2D eigenvalue weighted by atomic mass is 10.2. The molecule has 1 saturated carbocycles. The first kappa shape index (κ1) is 20.3. The van der Waals surface area contributed by atoms with Crippen molar-refractivity contribution < 1.29 is 9.11 Å². The first-order valence-corrected chi connectivity index (χ1v) is 12.6. The maximum atomic E-state index is 12.8. The van der Waals surface area contributed by atoms with Crippen LogP contribution in [0.15, 0.2) is 35.3 Å². The summed E-state index contributed by atoms with van der Waals surface area (Å²) in [5.41, 5.74) is 3.30. The van der Waals surface area contributed by atoms with Crippen molar-refractivity contribution in [1.29, 1.82) is 0 Å². The van der Waals surface area contributed by atoms with Crippen molar-refractivity contribution in [1.82, 2.24) is 19.1 Å². The van der Waals surface area contributed by atoms with Gasteiger partial charge in [-0.3, -0.25) is 18.2 Å². The van der Waals surface area contributed by atoms with Gasteiger partial charge in [0.1, 0.15) is 5.52 Å². The van der Waals surface area contributed by atoms with Gasteiger partial charge in [0.25, 0.3) is 0 Å². The quantitative estimate of drug-likeness (QED) is 0.565. The molecule has 10 heteroatoms. The van der Waals surface area contributed by atoms with Crippen molar-refractivity contribution in [2.75, 3.05) is 34.8 Å². The average molecular weight is 445 g/mol. The van der Waals surface area contributed by atoms with E-state index in [1.165, 1.54) is 0 Å². The fourth-order valence-corrected chi connectivity index (χ4v) is 5.79. The molecule has 31 heavy (non-hydrogen) atoms. The van der Waals surface area contributed by atoms with Gasteiger partial charge in [-0.15, -0.1) is 0 Å². The van der Waals surface area contributed by atoms with E-state index < -0.39 is 10.6 Å². The zero-order chi connectivity index (χ0) is 21.6. The van der Waals surface area contributed by atoms with Gasteiger partial charge < -0.3 is 10.2 Å². The van der Waals surface area contributed by atoms with Crippen LogP contribution in [0.4, 0.5) is 17.3 Å². The summed E-state index contributed by atoms with van der Waals surface area (Å²) >= 11 is 0. The summed E-state index contributed by atoms with van der Waals surface area (Å²) in [6, 6.07) is 8.15. The highest BCUT2D eigenvalue weighted by Gasteiger charge is 2.24. The lowest BCUT2D eigenvalue weighted by Crippen LogP contribution is -2.38. The smallest absolute Gasteiger partial charge is 0.330 e. The van der Waals surface area contributed by atoms with Crippen LogP contribution in [0.5, 0.6) is 0 Å². The van der Waals surface area contributed by atoms with E-state index in [-0.39, 0.29) is 11.7 Å². The first-order valence-electron chi connectivity index (χ1n) is 10.7. The summed E-state index contributed by atoms with van der Waals surface area (Å²) in [7, 11) is -0.629. The van der Waals surface area contributed by atoms with Gasteiger partial charge in [0.15, 0.2) is 5.65 Å². The third-order valence-corrected chi connectivity index (χ3v) is 8.06. The number of fused-ring (bicyclic) bond motifs is 1. The fraction of sp³-hybridized carbons (Fsp3) is 0.476. The van der Waals surface area contributed by atoms with Gasteiger partial charge in [-0.1, -0.05) is 12.8 Å². The minimum atomic E-state index is -2.40. The molecule has 0 atom stereocenters. The van der Waals surface area contributed by atoms with Crippen LogP contribution in [0, 0.1) is 0 Å². The van der Waals surface area contributed by atoms with Crippen molar-refractivity contribution in [3.05, 3.63) is 40.9 Å². The number of hydrogen-bond acceptors (Lipinski definition) is 7. The van der Waals surface area contributed by atoms with Crippen LogP contribution >= 0.6 is 10.6 Å². The van der Waals surface area contributed by atoms with Gasteiger partial charge in [-0.2, -0.15) is 15.6 Å². The zero-order valence-electron chi connectivity index (χ0n) is 17.6. The Labute approximate surface area is 182 Å². The van der Waals surface area contributed by atoms with E-state index in [1.54, 1.807) is 17.8 Å². The molecule has 2 aliphatic rings. The van der Waals surface area contributed by atoms with Gasteiger partial charge in [0.2, 0.25) is 5.95 Å². The van der Waals surface area contributed by atoms with Crippen molar-refractivity contribution in [3.63, 3.8) is 0 Å². The van der Waals surface area contributed by atoms with Crippen LogP contribution in [-0.2, 0) is 7.05 Å². The number of imidazole rings is 1. The normalized spacial score (nSPS) is 20.3. The van der Waals surface area contributed by atoms with E-state index in [1.807, 2.05) is 28.8 Å². The van der Waals surface area contributed by atoms with Crippen LogP contribution in [0.2, 0.25) is 0 Å². The maximum absolute atomic E-state index is 12.8. The second-order valence-corrected chi connectivity index (χ2v) is 10.8. The lowest BCUT2D eigenvalue weighted by Gasteiger charge is -2.41. The molecule has 2 aromatic heterocycles.